The van der Waals surface area contributed by atoms with E-state index in [1.807, 2.05) is 6.07 Å². The molecular weight excluding hydrogens is 471 g/mol. The zero-order valence-electron chi connectivity index (χ0n) is 19.3. The molecule has 1 aromatic heterocycles. The fourth-order valence-corrected chi connectivity index (χ4v) is 6.47. The van der Waals surface area contributed by atoms with E-state index in [9.17, 15) is 12.8 Å². The van der Waals surface area contributed by atoms with Crippen molar-refractivity contribution in [1.29, 1.82) is 5.26 Å². The Bertz CT molecular complexity index is 1320. The van der Waals surface area contributed by atoms with Gasteiger partial charge in [-0.1, -0.05) is 5.16 Å². The fourth-order valence-electron chi connectivity index (χ4n) is 4.83. The number of likely N-dealkylation sites (tertiary alicyclic amines) is 1. The van der Waals surface area contributed by atoms with Gasteiger partial charge in [0.25, 0.3) is 0 Å². The molecule has 0 atom stereocenters. The van der Waals surface area contributed by atoms with Crippen molar-refractivity contribution in [1.82, 2.24) is 14.4 Å². The fraction of sp³-hybridized carbons (Fsp3) is 0.440. The summed E-state index contributed by atoms with van der Waals surface area (Å²) in [5, 5.41) is 14.1. The third-order valence-electron chi connectivity index (χ3n) is 6.91. The van der Waals surface area contributed by atoms with Crippen molar-refractivity contribution in [2.75, 3.05) is 39.4 Å². The van der Waals surface area contributed by atoms with Crippen LogP contribution in [0.5, 0.6) is 0 Å². The van der Waals surface area contributed by atoms with E-state index in [2.05, 4.69) is 10.1 Å². The van der Waals surface area contributed by atoms with Crippen LogP contribution in [0.25, 0.3) is 11.0 Å². The van der Waals surface area contributed by atoms with Gasteiger partial charge in [0.1, 0.15) is 5.82 Å². The molecule has 8 nitrogen and oxygen atoms in total. The normalized spacial score (nSPS) is 18.1. The van der Waals surface area contributed by atoms with Crippen molar-refractivity contribution in [2.24, 2.45) is 0 Å². The number of hydrogen-bond donors (Lipinski definition) is 0. The minimum absolute atomic E-state index is 0.160. The summed E-state index contributed by atoms with van der Waals surface area (Å²) < 4.78 is 52.2. The maximum atomic E-state index is 13.4. The second-order valence-corrected chi connectivity index (χ2v) is 11.0. The highest BCUT2D eigenvalue weighted by Gasteiger charge is 2.35. The zero-order chi connectivity index (χ0) is 24.4. The van der Waals surface area contributed by atoms with Crippen LogP contribution in [0.2, 0.25) is 0 Å². The van der Waals surface area contributed by atoms with Crippen LogP contribution < -0.4 is 0 Å². The largest absolute Gasteiger partial charge is 0.378 e. The molecule has 2 aliphatic heterocycles. The summed E-state index contributed by atoms with van der Waals surface area (Å²) in [6.07, 6.45) is 2.55. The van der Waals surface area contributed by atoms with Crippen molar-refractivity contribution in [3.05, 3.63) is 59.5 Å². The van der Waals surface area contributed by atoms with Crippen LogP contribution in [0.4, 0.5) is 4.39 Å². The van der Waals surface area contributed by atoms with Gasteiger partial charge in [0.2, 0.25) is 10.0 Å². The van der Waals surface area contributed by atoms with E-state index in [-0.39, 0.29) is 22.7 Å². The number of sulfonamides is 1. The van der Waals surface area contributed by atoms with Crippen LogP contribution in [0.1, 0.15) is 36.4 Å². The van der Waals surface area contributed by atoms with Gasteiger partial charge in [0.15, 0.2) is 5.58 Å². The van der Waals surface area contributed by atoms with Crippen LogP contribution in [0.3, 0.4) is 0 Å². The van der Waals surface area contributed by atoms with E-state index in [1.54, 1.807) is 10.4 Å². The minimum atomic E-state index is -3.67. The Hall–Kier alpha value is -2.84. The molecule has 0 amide bonds. The van der Waals surface area contributed by atoms with Gasteiger partial charge in [0.05, 0.1) is 41.5 Å². The van der Waals surface area contributed by atoms with Crippen molar-refractivity contribution in [2.45, 2.75) is 36.1 Å². The first-order valence-corrected chi connectivity index (χ1v) is 13.3. The van der Waals surface area contributed by atoms with E-state index >= 15 is 0 Å². The van der Waals surface area contributed by atoms with Crippen LogP contribution in [-0.2, 0) is 14.8 Å². The Kier molecular flexibility index (Phi) is 6.84. The SMILES string of the molecule is N#Cc1ccc(S(=O)(=O)N(CCCN2CCC(c3noc4cc(F)ccc34)CC2)C2COC2)cc1. The number of benzene rings is 2. The van der Waals surface area contributed by atoms with Gasteiger partial charge in [-0.05, 0) is 75.3 Å². The maximum Gasteiger partial charge on any atom is 0.243 e. The standard InChI is InChI=1S/C25H27FN4O4S/c26-20-4-7-23-24(14-20)34-28-25(23)19-8-12-29(13-9-19)10-1-11-30(21-16-33-17-21)35(31,32)22-5-2-18(15-27)3-6-22/h2-7,14,19,21H,1,8-13,16-17H2. The number of aromatic nitrogens is 1. The average molecular weight is 499 g/mol. The Morgan fingerprint density at radius 2 is 1.89 bits per heavy atom. The molecular formula is C25H27FN4O4S. The number of ether oxygens (including phenoxy) is 1. The van der Waals surface area contributed by atoms with Gasteiger partial charge in [-0.25, -0.2) is 12.8 Å². The number of rotatable bonds is 8. The molecule has 2 saturated heterocycles. The Morgan fingerprint density at radius 3 is 2.54 bits per heavy atom. The predicted octanol–water partition coefficient (Wildman–Crippen LogP) is 3.50. The lowest BCUT2D eigenvalue weighted by Crippen LogP contribution is -2.52. The lowest BCUT2D eigenvalue weighted by atomic mass is 9.91. The first kappa shape index (κ1) is 23.9. The second-order valence-electron chi connectivity index (χ2n) is 9.12. The number of piperidine rings is 1. The third kappa shape index (κ3) is 4.95. The summed E-state index contributed by atoms with van der Waals surface area (Å²) in [7, 11) is -3.67. The maximum absolute atomic E-state index is 13.4. The molecule has 2 aromatic carbocycles. The minimum Gasteiger partial charge on any atom is -0.378 e. The average Bonchev–Trinajstić information content (AvgIpc) is 3.25. The van der Waals surface area contributed by atoms with Crippen molar-refractivity contribution in [3.63, 3.8) is 0 Å². The van der Waals surface area contributed by atoms with Gasteiger partial charge in [-0.15, -0.1) is 0 Å². The summed E-state index contributed by atoms with van der Waals surface area (Å²) in [5.74, 6) is -0.0722. The molecule has 184 valence electrons. The highest BCUT2D eigenvalue weighted by molar-refractivity contribution is 7.89. The molecule has 0 radical (unpaired) electrons. The van der Waals surface area contributed by atoms with Crippen LogP contribution in [0.15, 0.2) is 51.9 Å². The number of fused-ring (bicyclic) bond motifs is 1. The van der Waals surface area contributed by atoms with Gasteiger partial charge in [-0.3, -0.25) is 0 Å². The Balaban J connectivity index is 1.17. The highest BCUT2D eigenvalue weighted by atomic mass is 32.2. The topological polar surface area (TPSA) is 99.7 Å². The molecule has 2 aliphatic rings. The molecule has 0 spiro atoms. The molecule has 35 heavy (non-hydrogen) atoms. The number of halogens is 1. The van der Waals surface area contributed by atoms with E-state index in [1.165, 1.54) is 36.4 Å². The molecule has 5 rings (SSSR count). The summed E-state index contributed by atoms with van der Waals surface area (Å²) in [6, 6.07) is 12.4. The number of hydrogen-bond acceptors (Lipinski definition) is 7. The third-order valence-corrected chi connectivity index (χ3v) is 8.87. The summed E-state index contributed by atoms with van der Waals surface area (Å²) in [4.78, 5) is 2.55. The van der Waals surface area contributed by atoms with Gasteiger partial charge in [-0.2, -0.15) is 9.57 Å². The summed E-state index contributed by atoms with van der Waals surface area (Å²) in [5.41, 5.74) is 1.80. The lowest BCUT2D eigenvalue weighted by molar-refractivity contribution is -0.0373. The van der Waals surface area contributed by atoms with Gasteiger partial charge in [0, 0.05) is 23.9 Å². The lowest BCUT2D eigenvalue weighted by Gasteiger charge is -2.37. The van der Waals surface area contributed by atoms with Crippen molar-refractivity contribution >= 4 is 21.0 Å². The Morgan fingerprint density at radius 1 is 1.14 bits per heavy atom. The van der Waals surface area contributed by atoms with E-state index < -0.39 is 10.0 Å². The molecule has 2 fully saturated rings. The molecule has 3 heterocycles. The van der Waals surface area contributed by atoms with Crippen molar-refractivity contribution in [3.8, 4) is 6.07 Å². The summed E-state index contributed by atoms with van der Waals surface area (Å²) in [6.45, 7) is 3.78. The molecule has 3 aromatic rings. The molecule has 0 saturated carbocycles. The van der Waals surface area contributed by atoms with Crippen LogP contribution >= 0.6 is 0 Å². The number of nitriles is 1. The van der Waals surface area contributed by atoms with Crippen LogP contribution in [0, 0.1) is 17.1 Å². The quantitative estimate of drug-likeness (QED) is 0.469. The monoisotopic (exact) mass is 498 g/mol. The Labute approximate surface area is 203 Å². The second kappa shape index (κ2) is 10.0. The smallest absolute Gasteiger partial charge is 0.243 e. The molecule has 0 N–H and O–H groups in total. The summed E-state index contributed by atoms with van der Waals surface area (Å²) >= 11 is 0. The van der Waals surface area contributed by atoms with E-state index in [0.29, 0.717) is 37.3 Å². The first-order chi connectivity index (χ1) is 17.0. The van der Waals surface area contributed by atoms with Crippen LogP contribution in [-0.4, -0.2) is 68.2 Å². The van der Waals surface area contributed by atoms with Gasteiger partial charge >= 0.3 is 0 Å². The molecule has 10 heteroatoms. The van der Waals surface area contributed by atoms with E-state index in [4.69, 9.17) is 14.5 Å². The number of nitrogens with zero attached hydrogens (tertiary/aromatic N) is 4. The molecule has 0 unspecified atom stereocenters. The van der Waals surface area contributed by atoms with E-state index in [0.717, 1.165) is 43.6 Å². The predicted molar refractivity (Wildman–Crippen MR) is 127 cm³/mol. The zero-order valence-corrected chi connectivity index (χ0v) is 20.1. The van der Waals surface area contributed by atoms with Crippen molar-refractivity contribution < 1.29 is 22.1 Å². The molecule has 0 bridgehead atoms. The van der Waals surface area contributed by atoms with Gasteiger partial charge < -0.3 is 14.2 Å². The first-order valence-electron chi connectivity index (χ1n) is 11.8. The highest BCUT2D eigenvalue weighted by Crippen LogP contribution is 2.33. The molecule has 0 aliphatic carbocycles.